The van der Waals surface area contributed by atoms with Crippen molar-refractivity contribution in [3.63, 3.8) is 0 Å². The zero-order chi connectivity index (χ0) is 24.1. The Kier molecular flexibility index (Phi) is 7.30. The minimum Gasteiger partial charge on any atom is -0.204 e. The highest BCUT2D eigenvalue weighted by atomic mass is 35.6. The molecule has 176 valence electrons. The van der Waals surface area contributed by atoms with Crippen molar-refractivity contribution < 1.29 is 74.6 Å². The molecule has 0 N–H and O–H groups in total. The number of alkyl halides is 17. The van der Waals surface area contributed by atoms with E-state index in [-0.39, 0.29) is 0 Å². The summed E-state index contributed by atoms with van der Waals surface area (Å²) in [4.78, 5) is 0. The molecule has 0 aromatic carbocycles. The molecule has 0 radical (unpaired) electrons. The molecule has 0 aliphatic carbocycles. The molecular formula is C10H6ClF17Si. The molecule has 0 nitrogen and oxygen atoms in total. The lowest BCUT2D eigenvalue weighted by atomic mass is 9.90. The number of hydrogen-bond donors (Lipinski definition) is 0. The summed E-state index contributed by atoms with van der Waals surface area (Å²) in [6.45, 7) is 0. The van der Waals surface area contributed by atoms with Gasteiger partial charge in [0.05, 0.1) is 0 Å². The van der Waals surface area contributed by atoms with Crippen LogP contribution in [0.3, 0.4) is 0 Å². The molecule has 0 aliphatic heterocycles. The van der Waals surface area contributed by atoms with Gasteiger partial charge in [-0.3, -0.25) is 0 Å². The highest BCUT2D eigenvalue weighted by Crippen LogP contribution is 2.62. The van der Waals surface area contributed by atoms with Gasteiger partial charge in [0.2, 0.25) is 8.83 Å². The lowest BCUT2D eigenvalue weighted by molar-refractivity contribution is -0.436. The monoisotopic (exact) mass is 512 g/mol. The van der Waals surface area contributed by atoms with E-state index in [2.05, 4.69) is 11.1 Å². The molecule has 0 rings (SSSR count). The van der Waals surface area contributed by atoms with E-state index in [1.807, 2.05) is 0 Å². The summed E-state index contributed by atoms with van der Waals surface area (Å²) in [6.07, 6.45) is -12.1. The van der Waals surface area contributed by atoms with E-state index in [1.54, 1.807) is 0 Å². The fourth-order valence-electron chi connectivity index (χ4n) is 1.59. The van der Waals surface area contributed by atoms with Crippen LogP contribution >= 0.6 is 11.1 Å². The molecule has 0 fully saturated rings. The van der Waals surface area contributed by atoms with Crippen molar-refractivity contribution >= 4 is 19.9 Å². The molecule has 0 aliphatic rings. The summed E-state index contributed by atoms with van der Waals surface area (Å²) < 4.78 is 219. The van der Waals surface area contributed by atoms with Gasteiger partial charge in [-0.2, -0.15) is 76.9 Å². The molecule has 29 heavy (non-hydrogen) atoms. The van der Waals surface area contributed by atoms with Crippen LogP contribution in [0.25, 0.3) is 0 Å². The summed E-state index contributed by atoms with van der Waals surface area (Å²) in [6, 6.07) is 0. The zero-order valence-electron chi connectivity index (χ0n) is 12.9. The van der Waals surface area contributed by atoms with Crippen LogP contribution in [0.4, 0.5) is 74.6 Å². The van der Waals surface area contributed by atoms with Gasteiger partial charge < -0.3 is 0 Å². The fraction of sp³-hybridized carbons (Fsp3) is 1.00. The van der Waals surface area contributed by atoms with Gasteiger partial charge in [-0.05, 0) is 0 Å². The first kappa shape index (κ1) is 28.3. The van der Waals surface area contributed by atoms with E-state index in [9.17, 15) is 74.6 Å². The van der Waals surface area contributed by atoms with Gasteiger partial charge in [-0.1, -0.05) is 0 Å². The third kappa shape index (κ3) is 4.37. The maximum absolute atomic E-state index is 13.3. The highest BCUT2D eigenvalue weighted by Gasteiger charge is 2.92. The predicted octanol–water partition coefficient (Wildman–Crippen LogP) is 6.06. The smallest absolute Gasteiger partial charge is 0.204 e. The molecule has 0 unspecified atom stereocenters. The van der Waals surface area contributed by atoms with Gasteiger partial charge in [0.15, 0.2) is 0 Å². The molecule has 0 bridgehead atoms. The highest BCUT2D eigenvalue weighted by molar-refractivity contribution is 6.95. The maximum atomic E-state index is 13.3. The Balaban J connectivity index is 6.38. The average molecular weight is 513 g/mol. The largest absolute Gasteiger partial charge is 0.389 e. The lowest BCUT2D eigenvalue weighted by Gasteiger charge is -2.42. The maximum Gasteiger partial charge on any atom is 0.389 e. The van der Waals surface area contributed by atoms with Crippen molar-refractivity contribution in [1.29, 1.82) is 0 Å². The number of hydrogen-bond acceptors (Lipinski definition) is 0. The van der Waals surface area contributed by atoms with Crippen molar-refractivity contribution in [2.45, 2.75) is 60.1 Å². The molecule has 0 aromatic heterocycles. The van der Waals surface area contributed by atoms with Crippen molar-refractivity contribution in [3.8, 4) is 0 Å². The minimum absolute atomic E-state index is 3.00. The van der Waals surface area contributed by atoms with E-state index >= 15 is 0 Å². The quantitative estimate of drug-likeness (QED) is 0.200. The SMILES string of the molecule is FC(F)(F)CCC(F)(F)C(F)(F)C(F)(F)C(F)(F)C(F)(F)C(F)(F)C(F)(F)[SiH2]Cl. The number of rotatable bonds is 9. The Morgan fingerprint density at radius 2 is 0.759 bits per heavy atom. The van der Waals surface area contributed by atoms with E-state index in [4.69, 9.17) is 0 Å². The lowest BCUT2D eigenvalue weighted by Crippen LogP contribution is -2.73. The van der Waals surface area contributed by atoms with Crippen LogP contribution in [0, 0.1) is 0 Å². The molecule has 0 amide bonds. The first-order chi connectivity index (χ1) is 12.3. The third-order valence-electron chi connectivity index (χ3n) is 3.39. The first-order valence-electron chi connectivity index (χ1n) is 6.54. The van der Waals surface area contributed by atoms with Crippen molar-refractivity contribution in [2.24, 2.45) is 0 Å². The van der Waals surface area contributed by atoms with Crippen LogP contribution in [0.15, 0.2) is 0 Å². The van der Waals surface area contributed by atoms with Crippen LogP contribution in [0.1, 0.15) is 12.8 Å². The Morgan fingerprint density at radius 3 is 1.07 bits per heavy atom. The molecule has 0 atom stereocenters. The summed E-state index contributed by atoms with van der Waals surface area (Å²) in [5, 5.41) is 0. The average Bonchev–Trinajstić information content (AvgIpc) is 2.51. The van der Waals surface area contributed by atoms with Gasteiger partial charge in [0, 0.05) is 12.8 Å². The molecular weight excluding hydrogens is 507 g/mol. The Hall–Kier alpha value is -0.683. The fourth-order valence-corrected chi connectivity index (χ4v) is 2.48. The molecule has 0 saturated heterocycles. The second-order valence-electron chi connectivity index (χ2n) is 5.53. The van der Waals surface area contributed by atoms with Gasteiger partial charge in [0.25, 0.3) is 0 Å². The molecule has 0 heterocycles. The Morgan fingerprint density at radius 1 is 0.448 bits per heavy atom. The minimum atomic E-state index is -8.29. The Labute approximate surface area is 155 Å². The van der Waals surface area contributed by atoms with Gasteiger partial charge in [0.1, 0.15) is 0 Å². The van der Waals surface area contributed by atoms with E-state index in [0.717, 1.165) is 0 Å². The number of halogens is 18. The second kappa shape index (κ2) is 7.47. The summed E-state index contributed by atoms with van der Waals surface area (Å²) in [5.41, 5.74) is -6.29. The summed E-state index contributed by atoms with van der Waals surface area (Å²) >= 11 is 4.26. The van der Waals surface area contributed by atoms with E-state index < -0.39 is 68.9 Å². The van der Waals surface area contributed by atoms with Crippen LogP contribution in [-0.4, -0.2) is 56.1 Å². The van der Waals surface area contributed by atoms with Crippen LogP contribution < -0.4 is 0 Å². The van der Waals surface area contributed by atoms with Crippen LogP contribution in [-0.2, 0) is 0 Å². The zero-order valence-corrected chi connectivity index (χ0v) is 15.1. The first-order valence-corrected chi connectivity index (χ1v) is 9.39. The topological polar surface area (TPSA) is 0 Å². The molecule has 0 spiro atoms. The van der Waals surface area contributed by atoms with Crippen molar-refractivity contribution in [1.82, 2.24) is 0 Å². The van der Waals surface area contributed by atoms with Crippen molar-refractivity contribution in [3.05, 3.63) is 0 Å². The van der Waals surface area contributed by atoms with Crippen LogP contribution in [0.2, 0.25) is 0 Å². The second-order valence-corrected chi connectivity index (χ2v) is 7.49. The molecule has 19 heteroatoms. The van der Waals surface area contributed by atoms with Gasteiger partial charge in [-0.25, -0.2) is 8.78 Å². The summed E-state index contributed by atoms with van der Waals surface area (Å²) in [7, 11) is -4.26. The predicted molar refractivity (Wildman–Crippen MR) is 64.3 cm³/mol. The van der Waals surface area contributed by atoms with Gasteiger partial charge in [-0.15, -0.1) is 0 Å². The van der Waals surface area contributed by atoms with E-state index in [0.29, 0.717) is 0 Å². The molecule has 0 aromatic rings. The molecule has 0 saturated carbocycles. The Bertz CT molecular complexity index is 579. The standard InChI is InChI=1S/C10H6ClF17Si/c11-29-10(27,28)9(25,26)8(23,24)7(21,22)6(19,20)5(17,18)3(12,13)1-2-4(14,15)16/h1-2,29H2. The summed E-state index contributed by atoms with van der Waals surface area (Å²) in [5.74, 6) is -46.7. The van der Waals surface area contributed by atoms with E-state index in [1.165, 1.54) is 0 Å². The third-order valence-corrected chi connectivity index (χ3v) is 5.17. The van der Waals surface area contributed by atoms with Crippen molar-refractivity contribution in [2.75, 3.05) is 0 Å². The normalized spacial score (nSPS) is 16.8. The van der Waals surface area contributed by atoms with Crippen LogP contribution in [0.5, 0.6) is 0 Å². The van der Waals surface area contributed by atoms with Gasteiger partial charge >= 0.3 is 47.3 Å².